The van der Waals surface area contributed by atoms with Crippen molar-refractivity contribution in [1.82, 2.24) is 14.7 Å². The highest BCUT2D eigenvalue weighted by molar-refractivity contribution is 6.33. The lowest BCUT2D eigenvalue weighted by atomic mass is 9.88. The van der Waals surface area contributed by atoms with Gasteiger partial charge in [0.15, 0.2) is 0 Å². The number of hydrogen-bond donors (Lipinski definition) is 0. The van der Waals surface area contributed by atoms with Gasteiger partial charge in [0.25, 0.3) is 5.91 Å². The van der Waals surface area contributed by atoms with E-state index in [1.165, 1.54) is 18.2 Å². The van der Waals surface area contributed by atoms with E-state index in [4.69, 9.17) is 11.6 Å². The molecule has 6 heteroatoms. The van der Waals surface area contributed by atoms with Gasteiger partial charge in [-0.15, -0.1) is 0 Å². The second kappa shape index (κ2) is 8.02. The molecule has 0 aliphatic carbocycles. The highest BCUT2D eigenvalue weighted by Crippen LogP contribution is 2.27. The Hall–Kier alpha value is -1.17. The van der Waals surface area contributed by atoms with Gasteiger partial charge >= 0.3 is 0 Å². The van der Waals surface area contributed by atoms with Crippen LogP contribution in [0.3, 0.4) is 0 Å². The van der Waals surface area contributed by atoms with Gasteiger partial charge in [-0.2, -0.15) is 0 Å². The number of amides is 1. The van der Waals surface area contributed by atoms with Crippen LogP contribution in [0.5, 0.6) is 0 Å². The zero-order valence-corrected chi connectivity index (χ0v) is 15.8. The third-order valence-corrected chi connectivity index (χ3v) is 6.10. The quantitative estimate of drug-likeness (QED) is 0.821. The number of likely N-dealkylation sites (tertiary alicyclic amines) is 1. The fourth-order valence-electron chi connectivity index (χ4n) is 3.95. The first-order valence-electron chi connectivity index (χ1n) is 9.12. The first-order chi connectivity index (χ1) is 12.0. The number of nitrogens with zero attached hydrogens (tertiary/aromatic N) is 3. The van der Waals surface area contributed by atoms with E-state index in [0.717, 1.165) is 52.1 Å². The molecule has 4 nitrogen and oxygen atoms in total. The van der Waals surface area contributed by atoms with Crippen molar-refractivity contribution in [2.45, 2.75) is 25.8 Å². The average molecular weight is 368 g/mol. The number of hydrogen-bond acceptors (Lipinski definition) is 3. The minimum Gasteiger partial charge on any atom is -0.339 e. The van der Waals surface area contributed by atoms with Gasteiger partial charge in [-0.1, -0.05) is 11.6 Å². The Balaban J connectivity index is 1.55. The lowest BCUT2D eigenvalue weighted by molar-refractivity contribution is 0.0500. The summed E-state index contributed by atoms with van der Waals surface area (Å²) < 4.78 is 13.2. The highest BCUT2D eigenvalue weighted by atomic mass is 35.5. The van der Waals surface area contributed by atoms with Crippen LogP contribution in [-0.4, -0.2) is 73.0 Å². The molecule has 2 fully saturated rings. The van der Waals surface area contributed by atoms with E-state index in [0.29, 0.717) is 17.5 Å². The third kappa shape index (κ3) is 4.33. The Morgan fingerprint density at radius 3 is 2.40 bits per heavy atom. The first kappa shape index (κ1) is 18.6. The average Bonchev–Trinajstić information content (AvgIpc) is 2.61. The molecular formula is C19H27ClFN3O. The van der Waals surface area contributed by atoms with Gasteiger partial charge < -0.3 is 9.80 Å². The Kier molecular flexibility index (Phi) is 5.97. The zero-order valence-electron chi connectivity index (χ0n) is 15.0. The topological polar surface area (TPSA) is 26.8 Å². The minimum atomic E-state index is -0.416. The lowest BCUT2D eigenvalue weighted by Crippen LogP contribution is -2.52. The van der Waals surface area contributed by atoms with E-state index < -0.39 is 5.82 Å². The standard InChI is InChI=1S/C19H27ClFN3O/c1-14(23-11-9-22(2)10-12-23)15-5-7-24(8-6-15)19(25)17-4-3-16(21)13-18(17)20/h3-4,13-15H,5-12H2,1-2H3/t14-/m1/s1. The van der Waals surface area contributed by atoms with Crippen molar-refractivity contribution in [3.8, 4) is 0 Å². The van der Waals surface area contributed by atoms with Crippen LogP contribution in [0.15, 0.2) is 18.2 Å². The summed E-state index contributed by atoms with van der Waals surface area (Å²) in [4.78, 5) is 19.5. The number of benzene rings is 1. The Morgan fingerprint density at radius 1 is 1.16 bits per heavy atom. The number of likely N-dealkylation sites (N-methyl/N-ethyl adjacent to an activating group) is 1. The van der Waals surface area contributed by atoms with Crippen LogP contribution in [-0.2, 0) is 0 Å². The molecule has 0 bridgehead atoms. The monoisotopic (exact) mass is 367 g/mol. The molecule has 2 heterocycles. The molecule has 1 amide bonds. The molecule has 1 aromatic rings. The minimum absolute atomic E-state index is 0.0873. The van der Waals surface area contributed by atoms with Crippen molar-refractivity contribution < 1.29 is 9.18 Å². The van der Waals surface area contributed by atoms with E-state index in [9.17, 15) is 9.18 Å². The largest absolute Gasteiger partial charge is 0.339 e. The number of carbonyl (C=O) groups is 1. The molecule has 2 saturated heterocycles. The van der Waals surface area contributed by atoms with Gasteiger partial charge in [-0.05, 0) is 50.9 Å². The molecule has 2 aliphatic heterocycles. The molecular weight excluding hydrogens is 341 g/mol. The Labute approximate surface area is 154 Å². The van der Waals surface area contributed by atoms with Crippen LogP contribution >= 0.6 is 11.6 Å². The van der Waals surface area contributed by atoms with E-state index in [2.05, 4.69) is 23.8 Å². The number of carbonyl (C=O) groups excluding carboxylic acids is 1. The molecule has 1 aromatic carbocycles. The normalized spacial score (nSPS) is 22.2. The summed E-state index contributed by atoms with van der Waals surface area (Å²) >= 11 is 6.04. The molecule has 3 rings (SSSR count). The number of rotatable bonds is 3. The molecule has 0 aromatic heterocycles. The SMILES string of the molecule is C[C@H](C1CCN(C(=O)c2ccc(F)cc2Cl)CC1)N1CCN(C)CC1. The van der Waals surface area contributed by atoms with Gasteiger partial charge in [-0.3, -0.25) is 9.69 Å². The van der Waals surface area contributed by atoms with Gasteiger partial charge in [0.05, 0.1) is 10.6 Å². The van der Waals surface area contributed by atoms with Crippen molar-refractivity contribution in [3.05, 3.63) is 34.6 Å². The smallest absolute Gasteiger partial charge is 0.255 e. The predicted molar refractivity (Wildman–Crippen MR) is 98.6 cm³/mol. The molecule has 0 unspecified atom stereocenters. The van der Waals surface area contributed by atoms with Crippen LogP contribution in [0.4, 0.5) is 4.39 Å². The van der Waals surface area contributed by atoms with Crippen molar-refractivity contribution in [3.63, 3.8) is 0 Å². The second-order valence-corrected chi connectivity index (χ2v) is 7.74. The molecule has 2 aliphatic rings. The van der Waals surface area contributed by atoms with Crippen LogP contribution < -0.4 is 0 Å². The van der Waals surface area contributed by atoms with Crippen molar-refractivity contribution >= 4 is 17.5 Å². The molecule has 0 saturated carbocycles. The number of piperazine rings is 1. The summed E-state index contributed by atoms with van der Waals surface area (Å²) in [7, 11) is 2.17. The number of halogens is 2. The van der Waals surface area contributed by atoms with E-state index >= 15 is 0 Å². The summed E-state index contributed by atoms with van der Waals surface area (Å²) in [6.07, 6.45) is 2.02. The molecule has 138 valence electrons. The zero-order chi connectivity index (χ0) is 18.0. The van der Waals surface area contributed by atoms with Crippen LogP contribution in [0.25, 0.3) is 0 Å². The third-order valence-electron chi connectivity index (χ3n) is 5.78. The maximum absolute atomic E-state index is 13.2. The van der Waals surface area contributed by atoms with Gasteiger partial charge in [0.2, 0.25) is 0 Å². The van der Waals surface area contributed by atoms with Crippen molar-refractivity contribution in [2.75, 3.05) is 46.3 Å². The van der Waals surface area contributed by atoms with Crippen molar-refractivity contribution in [2.24, 2.45) is 5.92 Å². The first-order valence-corrected chi connectivity index (χ1v) is 9.50. The van der Waals surface area contributed by atoms with Crippen LogP contribution in [0, 0.1) is 11.7 Å². The van der Waals surface area contributed by atoms with Crippen molar-refractivity contribution in [1.29, 1.82) is 0 Å². The Morgan fingerprint density at radius 2 is 1.80 bits per heavy atom. The molecule has 25 heavy (non-hydrogen) atoms. The van der Waals surface area contributed by atoms with E-state index in [1.807, 2.05) is 4.90 Å². The lowest BCUT2D eigenvalue weighted by Gasteiger charge is -2.42. The predicted octanol–water partition coefficient (Wildman–Crippen LogP) is 2.97. The molecule has 0 spiro atoms. The van der Waals surface area contributed by atoms with E-state index in [1.54, 1.807) is 0 Å². The fourth-order valence-corrected chi connectivity index (χ4v) is 4.19. The van der Waals surface area contributed by atoms with Gasteiger partial charge in [0, 0.05) is 45.3 Å². The fraction of sp³-hybridized carbons (Fsp3) is 0.632. The van der Waals surface area contributed by atoms with Crippen LogP contribution in [0.2, 0.25) is 5.02 Å². The summed E-state index contributed by atoms with van der Waals surface area (Å²) in [6.45, 7) is 8.33. The van der Waals surface area contributed by atoms with E-state index in [-0.39, 0.29) is 10.9 Å². The summed E-state index contributed by atoms with van der Waals surface area (Å²) in [5.41, 5.74) is 0.397. The van der Waals surface area contributed by atoms with Crippen LogP contribution in [0.1, 0.15) is 30.1 Å². The summed E-state index contributed by atoms with van der Waals surface area (Å²) in [5.74, 6) is 0.119. The number of piperidine rings is 1. The maximum Gasteiger partial charge on any atom is 0.255 e. The van der Waals surface area contributed by atoms with Gasteiger partial charge in [0.1, 0.15) is 5.82 Å². The highest BCUT2D eigenvalue weighted by Gasteiger charge is 2.31. The second-order valence-electron chi connectivity index (χ2n) is 7.33. The molecule has 0 radical (unpaired) electrons. The summed E-state index contributed by atoms with van der Waals surface area (Å²) in [6, 6.07) is 4.54. The maximum atomic E-state index is 13.2. The van der Waals surface area contributed by atoms with Gasteiger partial charge in [-0.25, -0.2) is 4.39 Å². The molecule has 1 atom stereocenters. The molecule has 0 N–H and O–H groups in total. The Bertz CT molecular complexity index is 611. The summed E-state index contributed by atoms with van der Waals surface area (Å²) in [5, 5.41) is 0.193.